The van der Waals surface area contributed by atoms with Crippen LogP contribution in [-0.2, 0) is 16.6 Å². The predicted molar refractivity (Wildman–Crippen MR) is 85.0 cm³/mol. The minimum atomic E-state index is -0.812. The van der Waals surface area contributed by atoms with Gasteiger partial charge in [-0.2, -0.15) is 0 Å². The van der Waals surface area contributed by atoms with Gasteiger partial charge in [-0.05, 0) is 50.3 Å². The highest BCUT2D eigenvalue weighted by molar-refractivity contribution is 5.81. The van der Waals surface area contributed by atoms with Crippen LogP contribution < -0.4 is 4.90 Å². The van der Waals surface area contributed by atoms with E-state index >= 15 is 0 Å². The molecule has 0 unspecified atom stereocenters. The lowest BCUT2D eigenvalue weighted by Gasteiger charge is -2.33. The Labute approximate surface area is 127 Å². The summed E-state index contributed by atoms with van der Waals surface area (Å²) in [6, 6.07) is 6.97. The molecule has 0 saturated heterocycles. The molecule has 1 aromatic rings. The molecule has 1 aliphatic heterocycles. The van der Waals surface area contributed by atoms with Gasteiger partial charge in [-0.1, -0.05) is 31.4 Å². The largest absolute Gasteiger partial charge is 0.481 e. The summed E-state index contributed by atoms with van der Waals surface area (Å²) in [6.45, 7) is 4.66. The molecule has 0 amide bonds. The number of hydrogen-bond acceptors (Lipinski definition) is 2. The van der Waals surface area contributed by atoms with Gasteiger partial charge in [0, 0.05) is 18.3 Å². The van der Waals surface area contributed by atoms with Gasteiger partial charge in [0.2, 0.25) is 0 Å². The smallest absolute Gasteiger partial charge is 0.313 e. The lowest BCUT2D eigenvalue weighted by atomic mass is 9.83. The van der Waals surface area contributed by atoms with Crippen LogP contribution in [0.5, 0.6) is 0 Å². The predicted octanol–water partition coefficient (Wildman–Crippen LogP) is 3.74. The van der Waals surface area contributed by atoms with E-state index in [-0.39, 0.29) is 0 Å². The third-order valence-electron chi connectivity index (χ3n) is 5.28. The number of carboxylic acids is 1. The van der Waals surface area contributed by atoms with E-state index in [2.05, 4.69) is 17.0 Å². The fourth-order valence-corrected chi connectivity index (χ4v) is 3.71. The van der Waals surface area contributed by atoms with Crippen LogP contribution in [0.15, 0.2) is 18.2 Å². The molecule has 0 bridgehead atoms. The molecule has 1 aromatic carbocycles. The monoisotopic (exact) mass is 287 g/mol. The van der Waals surface area contributed by atoms with E-state index in [0.717, 1.165) is 18.5 Å². The Morgan fingerprint density at radius 3 is 2.62 bits per heavy atom. The fraction of sp³-hybridized carbons (Fsp3) is 0.611. The highest BCUT2D eigenvalue weighted by Crippen LogP contribution is 2.37. The normalized spacial score (nSPS) is 19.6. The molecule has 1 saturated carbocycles. The van der Waals surface area contributed by atoms with Gasteiger partial charge >= 0.3 is 5.97 Å². The van der Waals surface area contributed by atoms with Gasteiger partial charge < -0.3 is 10.0 Å². The second-order valence-corrected chi connectivity index (χ2v) is 7.01. The molecule has 3 rings (SSSR count). The number of hydrogen-bond donors (Lipinski definition) is 1. The molecule has 1 heterocycles. The van der Waals surface area contributed by atoms with Crippen LogP contribution in [0.1, 0.15) is 57.1 Å². The average Bonchev–Trinajstić information content (AvgIpc) is 2.91. The van der Waals surface area contributed by atoms with Crippen LogP contribution in [0.25, 0.3) is 0 Å². The second kappa shape index (κ2) is 5.36. The van der Waals surface area contributed by atoms with Crippen molar-refractivity contribution in [1.29, 1.82) is 0 Å². The van der Waals surface area contributed by atoms with E-state index in [1.54, 1.807) is 13.8 Å². The van der Waals surface area contributed by atoms with Crippen molar-refractivity contribution >= 4 is 11.7 Å². The van der Waals surface area contributed by atoms with E-state index in [4.69, 9.17) is 0 Å². The lowest BCUT2D eigenvalue weighted by Crippen LogP contribution is -2.35. The summed E-state index contributed by atoms with van der Waals surface area (Å²) in [6.07, 6.45) is 7.74. The number of nitrogens with zero attached hydrogens (tertiary/aromatic N) is 1. The van der Waals surface area contributed by atoms with Crippen molar-refractivity contribution in [2.24, 2.45) is 0 Å². The molecule has 1 N–H and O–H groups in total. The highest BCUT2D eigenvalue weighted by atomic mass is 16.4. The van der Waals surface area contributed by atoms with E-state index < -0.39 is 11.4 Å². The quantitative estimate of drug-likeness (QED) is 0.920. The zero-order valence-corrected chi connectivity index (χ0v) is 13.1. The van der Waals surface area contributed by atoms with E-state index in [0.29, 0.717) is 6.04 Å². The molecule has 2 aliphatic rings. The lowest BCUT2D eigenvalue weighted by molar-refractivity contribution is -0.142. The molecular formula is C18H25NO2. The average molecular weight is 287 g/mol. The van der Waals surface area contributed by atoms with Crippen molar-refractivity contribution in [2.75, 3.05) is 11.4 Å². The summed E-state index contributed by atoms with van der Waals surface area (Å²) < 4.78 is 0. The molecule has 0 aromatic heterocycles. The molecule has 21 heavy (non-hydrogen) atoms. The summed E-state index contributed by atoms with van der Waals surface area (Å²) in [4.78, 5) is 14.0. The van der Waals surface area contributed by atoms with Crippen molar-refractivity contribution in [3.8, 4) is 0 Å². The minimum absolute atomic E-state index is 0.693. The van der Waals surface area contributed by atoms with Crippen LogP contribution >= 0.6 is 0 Å². The zero-order valence-electron chi connectivity index (χ0n) is 13.1. The Hall–Kier alpha value is -1.51. The number of anilines is 1. The Morgan fingerprint density at radius 1 is 1.24 bits per heavy atom. The van der Waals surface area contributed by atoms with Gasteiger partial charge in [-0.3, -0.25) is 4.79 Å². The SMILES string of the molecule is CC(C)(C(=O)O)c1ccc2c(c1)CCN2C1CCCCC1. The van der Waals surface area contributed by atoms with E-state index in [1.807, 2.05) is 6.07 Å². The Kier molecular flexibility index (Phi) is 3.68. The van der Waals surface area contributed by atoms with Crippen LogP contribution in [0.2, 0.25) is 0 Å². The topological polar surface area (TPSA) is 40.5 Å². The molecule has 3 nitrogen and oxygen atoms in total. The molecule has 0 spiro atoms. The number of rotatable bonds is 3. The first-order valence-corrected chi connectivity index (χ1v) is 8.13. The molecule has 114 valence electrons. The summed E-state index contributed by atoms with van der Waals surface area (Å²) in [7, 11) is 0. The van der Waals surface area contributed by atoms with Gasteiger partial charge in [0.25, 0.3) is 0 Å². The molecule has 1 fully saturated rings. The molecule has 0 radical (unpaired) electrons. The molecular weight excluding hydrogens is 262 g/mol. The number of carboxylic acid groups (broad SMARTS) is 1. The molecule has 1 aliphatic carbocycles. The Morgan fingerprint density at radius 2 is 1.95 bits per heavy atom. The number of benzene rings is 1. The maximum absolute atomic E-state index is 11.4. The zero-order chi connectivity index (χ0) is 15.0. The first-order valence-electron chi connectivity index (χ1n) is 8.13. The van der Waals surface area contributed by atoms with E-state index in [1.165, 1.54) is 43.4 Å². The fourth-order valence-electron chi connectivity index (χ4n) is 3.71. The second-order valence-electron chi connectivity index (χ2n) is 7.01. The Balaban J connectivity index is 1.86. The van der Waals surface area contributed by atoms with Crippen LogP contribution in [-0.4, -0.2) is 23.7 Å². The standard InChI is InChI=1S/C18H25NO2/c1-18(2,17(20)21)14-8-9-16-13(12-14)10-11-19(16)15-6-4-3-5-7-15/h8-9,12,15H,3-7,10-11H2,1-2H3,(H,20,21). The van der Waals surface area contributed by atoms with Gasteiger partial charge in [-0.25, -0.2) is 0 Å². The van der Waals surface area contributed by atoms with Crippen LogP contribution in [0.3, 0.4) is 0 Å². The van der Waals surface area contributed by atoms with Crippen molar-refractivity contribution in [3.63, 3.8) is 0 Å². The van der Waals surface area contributed by atoms with Crippen molar-refractivity contribution in [3.05, 3.63) is 29.3 Å². The maximum atomic E-state index is 11.4. The minimum Gasteiger partial charge on any atom is -0.481 e. The molecule has 3 heteroatoms. The number of carbonyl (C=O) groups is 1. The molecule has 0 atom stereocenters. The van der Waals surface area contributed by atoms with Gasteiger partial charge in [0.05, 0.1) is 5.41 Å². The van der Waals surface area contributed by atoms with Crippen molar-refractivity contribution < 1.29 is 9.90 Å². The third-order valence-corrected chi connectivity index (χ3v) is 5.28. The summed E-state index contributed by atoms with van der Waals surface area (Å²) in [5, 5.41) is 9.39. The highest BCUT2D eigenvalue weighted by Gasteiger charge is 2.32. The van der Waals surface area contributed by atoms with Gasteiger partial charge in [0.1, 0.15) is 0 Å². The van der Waals surface area contributed by atoms with Gasteiger partial charge in [0.15, 0.2) is 0 Å². The van der Waals surface area contributed by atoms with Crippen molar-refractivity contribution in [2.45, 2.75) is 63.8 Å². The van der Waals surface area contributed by atoms with E-state index in [9.17, 15) is 9.90 Å². The Bertz CT molecular complexity index is 544. The summed E-state index contributed by atoms with van der Waals surface area (Å²) in [5.41, 5.74) is 2.77. The summed E-state index contributed by atoms with van der Waals surface area (Å²) in [5.74, 6) is -0.760. The number of aliphatic carboxylic acids is 1. The first kappa shape index (κ1) is 14.4. The number of fused-ring (bicyclic) bond motifs is 1. The van der Waals surface area contributed by atoms with Crippen LogP contribution in [0, 0.1) is 0 Å². The summed E-state index contributed by atoms with van der Waals surface area (Å²) >= 11 is 0. The van der Waals surface area contributed by atoms with Crippen LogP contribution in [0.4, 0.5) is 5.69 Å². The van der Waals surface area contributed by atoms with Gasteiger partial charge in [-0.15, -0.1) is 0 Å². The third kappa shape index (κ3) is 2.54. The first-order chi connectivity index (χ1) is 10.00. The van der Waals surface area contributed by atoms with Crippen molar-refractivity contribution in [1.82, 2.24) is 0 Å². The maximum Gasteiger partial charge on any atom is 0.313 e.